The first-order valence-electron chi connectivity index (χ1n) is 4.94. The summed E-state index contributed by atoms with van der Waals surface area (Å²) in [7, 11) is 0. The van der Waals surface area contributed by atoms with Gasteiger partial charge in [0.1, 0.15) is 0 Å². The Kier molecular flexibility index (Phi) is 4.79. The Bertz CT molecular complexity index is 516. The molecule has 0 aromatic heterocycles. The van der Waals surface area contributed by atoms with Gasteiger partial charge in [0, 0.05) is 23.8 Å². The minimum absolute atomic E-state index is 0.0290. The van der Waals surface area contributed by atoms with Gasteiger partial charge in [-0.15, -0.1) is 0 Å². The minimum Gasteiger partial charge on any atom is -0.463 e. The largest absolute Gasteiger partial charge is 0.463 e. The third-order valence-corrected chi connectivity index (χ3v) is 2.28. The van der Waals surface area contributed by atoms with Crippen LogP contribution in [0.1, 0.15) is 12.5 Å². The van der Waals surface area contributed by atoms with Crippen LogP contribution >= 0.6 is 11.6 Å². The molecule has 0 bridgehead atoms. The zero-order valence-corrected chi connectivity index (χ0v) is 10.1. The van der Waals surface area contributed by atoms with Gasteiger partial charge in [0.25, 0.3) is 0 Å². The van der Waals surface area contributed by atoms with Gasteiger partial charge < -0.3 is 4.74 Å². The second-order valence-corrected chi connectivity index (χ2v) is 3.57. The van der Waals surface area contributed by atoms with E-state index in [1.807, 2.05) is 0 Å². The van der Waals surface area contributed by atoms with Crippen LogP contribution in [0.15, 0.2) is 18.2 Å². The second-order valence-electron chi connectivity index (χ2n) is 3.17. The van der Waals surface area contributed by atoms with Gasteiger partial charge in [0.05, 0.1) is 16.6 Å². The average molecular weight is 274 g/mol. The molecule has 0 fully saturated rings. The van der Waals surface area contributed by atoms with Crippen LogP contribution in [0.4, 0.5) is 10.1 Å². The lowest BCUT2D eigenvalue weighted by Crippen LogP contribution is -1.99. The topological polar surface area (TPSA) is 69.4 Å². The van der Waals surface area contributed by atoms with Gasteiger partial charge in [-0.3, -0.25) is 10.1 Å². The standard InChI is InChI=1S/C11H9ClFNO4/c1-2-18-11(15)4-3-7-5-10(14(16)17)9(13)6-8(7)12/h3-6H,2H2,1H3/b4-3+. The third-order valence-electron chi connectivity index (χ3n) is 1.95. The van der Waals surface area contributed by atoms with Crippen molar-refractivity contribution in [3.63, 3.8) is 0 Å². The molecule has 18 heavy (non-hydrogen) atoms. The lowest BCUT2D eigenvalue weighted by molar-refractivity contribution is -0.387. The fraction of sp³-hybridized carbons (Fsp3) is 0.182. The maximum atomic E-state index is 13.2. The van der Waals surface area contributed by atoms with Crippen molar-refractivity contribution in [2.24, 2.45) is 0 Å². The molecule has 0 radical (unpaired) electrons. The highest BCUT2D eigenvalue weighted by molar-refractivity contribution is 6.32. The predicted molar refractivity (Wildman–Crippen MR) is 63.7 cm³/mol. The fourth-order valence-corrected chi connectivity index (χ4v) is 1.38. The summed E-state index contributed by atoms with van der Waals surface area (Å²) in [5.41, 5.74) is -0.541. The van der Waals surface area contributed by atoms with E-state index < -0.39 is 22.4 Å². The summed E-state index contributed by atoms with van der Waals surface area (Å²) in [5, 5.41) is 10.5. The number of nitrogens with zero attached hydrogens (tertiary/aromatic N) is 1. The Labute approximate surface area is 107 Å². The number of carbonyl (C=O) groups excluding carboxylic acids is 1. The van der Waals surface area contributed by atoms with Crippen molar-refractivity contribution in [3.05, 3.63) is 44.7 Å². The van der Waals surface area contributed by atoms with Gasteiger partial charge in [-0.25, -0.2) is 4.79 Å². The Morgan fingerprint density at radius 3 is 2.83 bits per heavy atom. The monoisotopic (exact) mass is 273 g/mol. The lowest BCUT2D eigenvalue weighted by Gasteiger charge is -2.00. The van der Waals surface area contributed by atoms with E-state index >= 15 is 0 Å². The van der Waals surface area contributed by atoms with E-state index in [-0.39, 0.29) is 17.2 Å². The predicted octanol–water partition coefficient (Wildman–Crippen LogP) is 2.96. The highest BCUT2D eigenvalue weighted by Crippen LogP contribution is 2.26. The average Bonchev–Trinajstić information content (AvgIpc) is 2.27. The van der Waals surface area contributed by atoms with Crippen molar-refractivity contribution in [3.8, 4) is 0 Å². The van der Waals surface area contributed by atoms with Crippen molar-refractivity contribution in [1.29, 1.82) is 0 Å². The van der Waals surface area contributed by atoms with E-state index in [4.69, 9.17) is 11.6 Å². The number of nitro benzene ring substituents is 1. The van der Waals surface area contributed by atoms with E-state index in [0.717, 1.165) is 18.2 Å². The molecule has 96 valence electrons. The molecule has 0 unspecified atom stereocenters. The molecule has 1 aromatic rings. The summed E-state index contributed by atoms with van der Waals surface area (Å²) in [6, 6.07) is 1.78. The van der Waals surface area contributed by atoms with E-state index in [9.17, 15) is 19.3 Å². The third kappa shape index (κ3) is 3.53. The maximum absolute atomic E-state index is 13.2. The SMILES string of the molecule is CCOC(=O)/C=C/c1cc([N+](=O)[O-])c(F)cc1Cl. The van der Waals surface area contributed by atoms with Crippen molar-refractivity contribution in [1.82, 2.24) is 0 Å². The van der Waals surface area contributed by atoms with Gasteiger partial charge >= 0.3 is 11.7 Å². The number of hydrogen-bond acceptors (Lipinski definition) is 4. The van der Waals surface area contributed by atoms with E-state index in [2.05, 4.69) is 4.74 Å². The molecule has 1 rings (SSSR count). The molecule has 0 saturated heterocycles. The highest BCUT2D eigenvalue weighted by atomic mass is 35.5. The van der Waals surface area contributed by atoms with E-state index in [1.165, 1.54) is 6.08 Å². The normalized spacial score (nSPS) is 10.6. The van der Waals surface area contributed by atoms with Gasteiger partial charge in [-0.1, -0.05) is 11.6 Å². The molecule has 0 spiro atoms. The molecule has 0 aliphatic rings. The summed E-state index contributed by atoms with van der Waals surface area (Å²) >= 11 is 5.70. The van der Waals surface area contributed by atoms with Crippen LogP contribution in [-0.2, 0) is 9.53 Å². The molecule has 0 aliphatic carbocycles. The number of esters is 1. The first kappa shape index (κ1) is 14.1. The van der Waals surface area contributed by atoms with Crippen molar-refractivity contribution < 1.29 is 18.8 Å². The van der Waals surface area contributed by atoms with Crippen molar-refractivity contribution >= 4 is 29.3 Å². The van der Waals surface area contributed by atoms with E-state index in [1.54, 1.807) is 6.92 Å². The molecule has 0 aliphatic heterocycles. The quantitative estimate of drug-likeness (QED) is 0.366. The second kappa shape index (κ2) is 6.11. The summed E-state index contributed by atoms with van der Waals surface area (Å²) in [6.45, 7) is 1.85. The number of carbonyl (C=O) groups is 1. The molecule has 5 nitrogen and oxygen atoms in total. The summed E-state index contributed by atoms with van der Waals surface area (Å²) in [4.78, 5) is 20.7. The molecule has 7 heteroatoms. The van der Waals surface area contributed by atoms with Gasteiger partial charge in [-0.2, -0.15) is 4.39 Å². The minimum atomic E-state index is -1.03. The van der Waals surface area contributed by atoms with Crippen LogP contribution in [0, 0.1) is 15.9 Å². The van der Waals surface area contributed by atoms with Crippen LogP contribution in [0.5, 0.6) is 0 Å². The summed E-state index contributed by atoms with van der Waals surface area (Å²) in [5.74, 6) is -1.64. The van der Waals surface area contributed by atoms with Crippen molar-refractivity contribution in [2.75, 3.05) is 6.61 Å². The number of benzene rings is 1. The van der Waals surface area contributed by atoms with Crippen LogP contribution in [0.3, 0.4) is 0 Å². The smallest absolute Gasteiger partial charge is 0.330 e. The summed E-state index contributed by atoms with van der Waals surface area (Å²) < 4.78 is 17.8. The van der Waals surface area contributed by atoms with Crippen molar-refractivity contribution in [2.45, 2.75) is 6.92 Å². The van der Waals surface area contributed by atoms with E-state index in [0.29, 0.717) is 0 Å². The first-order valence-corrected chi connectivity index (χ1v) is 5.31. The molecule has 0 saturated carbocycles. The van der Waals surface area contributed by atoms with Gasteiger partial charge in [0.15, 0.2) is 0 Å². The molecule has 1 aromatic carbocycles. The molecule has 0 amide bonds. The molecule has 0 heterocycles. The highest BCUT2D eigenvalue weighted by Gasteiger charge is 2.16. The molecule has 0 N–H and O–H groups in total. The Morgan fingerprint density at radius 2 is 2.28 bits per heavy atom. The summed E-state index contributed by atoms with van der Waals surface area (Å²) in [6.07, 6.45) is 2.29. The maximum Gasteiger partial charge on any atom is 0.330 e. The molecular formula is C11H9ClFNO4. The number of nitro groups is 1. The zero-order chi connectivity index (χ0) is 13.7. The lowest BCUT2D eigenvalue weighted by atomic mass is 10.2. The Morgan fingerprint density at radius 1 is 1.61 bits per heavy atom. The fourth-order valence-electron chi connectivity index (χ4n) is 1.17. The number of halogens is 2. The van der Waals surface area contributed by atoms with Crippen LogP contribution in [0.2, 0.25) is 5.02 Å². The van der Waals surface area contributed by atoms with Crippen LogP contribution in [0.25, 0.3) is 6.08 Å². The van der Waals surface area contributed by atoms with Crippen LogP contribution in [-0.4, -0.2) is 17.5 Å². The number of ether oxygens (including phenoxy) is 1. The zero-order valence-electron chi connectivity index (χ0n) is 9.35. The Hall–Kier alpha value is -1.95. The first-order chi connectivity index (χ1) is 8.45. The van der Waals surface area contributed by atoms with Gasteiger partial charge in [-0.05, 0) is 13.0 Å². The molecule has 0 atom stereocenters. The Balaban J connectivity index is 3.06. The number of rotatable bonds is 4. The number of hydrogen-bond donors (Lipinski definition) is 0. The molecular weight excluding hydrogens is 265 g/mol. The van der Waals surface area contributed by atoms with Crippen LogP contribution < -0.4 is 0 Å². The van der Waals surface area contributed by atoms with Gasteiger partial charge in [0.2, 0.25) is 5.82 Å².